The van der Waals surface area contributed by atoms with Crippen molar-refractivity contribution in [2.24, 2.45) is 0 Å². The van der Waals surface area contributed by atoms with Crippen molar-refractivity contribution < 1.29 is 4.79 Å². The highest BCUT2D eigenvalue weighted by atomic mass is 33.1. The highest BCUT2D eigenvalue weighted by Crippen LogP contribution is 2.12. The van der Waals surface area contributed by atoms with E-state index in [1.165, 1.54) is 0 Å². The lowest BCUT2D eigenvalue weighted by Crippen LogP contribution is -2.29. The van der Waals surface area contributed by atoms with E-state index in [2.05, 4.69) is 11.7 Å². The number of nitrogens with zero attached hydrogens (tertiary/aromatic N) is 1. The third-order valence-corrected chi connectivity index (χ3v) is 2.05. The zero-order chi connectivity index (χ0) is 7.44. The van der Waals surface area contributed by atoms with E-state index in [1.54, 1.807) is 11.9 Å². The summed E-state index contributed by atoms with van der Waals surface area (Å²) in [6, 6.07) is 0.261. The van der Waals surface area contributed by atoms with Crippen LogP contribution >= 0.6 is 22.5 Å². The summed E-state index contributed by atoms with van der Waals surface area (Å²) in [7, 11) is 2.70. The molecule has 0 aromatic heterocycles. The fourth-order valence-corrected chi connectivity index (χ4v) is 1.00. The molecule has 0 aromatic rings. The van der Waals surface area contributed by atoms with Gasteiger partial charge in [-0.1, -0.05) is 0 Å². The molecule has 0 N–H and O–H groups in total. The van der Waals surface area contributed by atoms with Crippen LogP contribution in [0.4, 0.5) is 4.79 Å². The van der Waals surface area contributed by atoms with Gasteiger partial charge in [0.15, 0.2) is 0 Å². The predicted molar refractivity (Wildman–Crippen MR) is 44.9 cm³/mol. The molecule has 0 aromatic carbocycles. The van der Waals surface area contributed by atoms with Crippen LogP contribution in [0, 0.1) is 0 Å². The molecule has 9 heavy (non-hydrogen) atoms. The van der Waals surface area contributed by atoms with Crippen LogP contribution in [-0.4, -0.2) is 23.2 Å². The van der Waals surface area contributed by atoms with E-state index < -0.39 is 0 Å². The molecule has 0 radical (unpaired) electrons. The highest BCUT2D eigenvalue weighted by molar-refractivity contribution is 8.74. The maximum atomic E-state index is 10.8. The molecule has 0 rings (SSSR count). The van der Waals surface area contributed by atoms with Gasteiger partial charge < -0.3 is 4.90 Å². The summed E-state index contributed by atoms with van der Waals surface area (Å²) in [6.07, 6.45) is 0. The van der Waals surface area contributed by atoms with Crippen molar-refractivity contribution in [3.8, 4) is 0 Å². The molecular weight excluding hydrogens is 154 g/mol. The second kappa shape index (κ2) is 4.06. The Balaban J connectivity index is 3.72. The smallest absolute Gasteiger partial charge is 0.292 e. The molecule has 0 spiro atoms. The summed E-state index contributed by atoms with van der Waals surface area (Å²) in [5.74, 6) is 0. The fourth-order valence-electron chi connectivity index (χ4n) is 0.275. The highest BCUT2D eigenvalue weighted by Gasteiger charge is 2.09. The fraction of sp³-hybridized carbons (Fsp3) is 0.800. The first-order valence-electron chi connectivity index (χ1n) is 2.67. The number of hydrogen-bond donors (Lipinski definition) is 1. The molecule has 0 atom stereocenters. The molecule has 54 valence electrons. The van der Waals surface area contributed by atoms with E-state index in [4.69, 9.17) is 0 Å². The lowest BCUT2D eigenvalue weighted by Gasteiger charge is -2.18. The predicted octanol–water partition coefficient (Wildman–Crippen LogP) is 2.02. The van der Waals surface area contributed by atoms with Gasteiger partial charge in [0.25, 0.3) is 5.24 Å². The van der Waals surface area contributed by atoms with Crippen molar-refractivity contribution in [2.75, 3.05) is 7.05 Å². The summed E-state index contributed by atoms with van der Waals surface area (Å²) in [6.45, 7) is 3.92. The molecule has 0 bridgehead atoms. The second-order valence-corrected chi connectivity index (χ2v) is 3.14. The van der Waals surface area contributed by atoms with Crippen LogP contribution in [0.5, 0.6) is 0 Å². The van der Waals surface area contributed by atoms with Gasteiger partial charge in [0.2, 0.25) is 0 Å². The van der Waals surface area contributed by atoms with Gasteiger partial charge in [-0.25, -0.2) is 0 Å². The summed E-state index contributed by atoms with van der Waals surface area (Å²) in [5, 5.41) is -0.00617. The van der Waals surface area contributed by atoms with Gasteiger partial charge in [0, 0.05) is 23.9 Å². The van der Waals surface area contributed by atoms with Crippen molar-refractivity contribution in [1.29, 1.82) is 0 Å². The summed E-state index contributed by atoms with van der Waals surface area (Å²) in [4.78, 5) is 12.4. The first-order chi connectivity index (χ1) is 4.09. The molecule has 2 nitrogen and oxygen atoms in total. The van der Waals surface area contributed by atoms with Crippen molar-refractivity contribution in [2.45, 2.75) is 19.9 Å². The Hall–Kier alpha value is 0.170. The van der Waals surface area contributed by atoms with Crippen molar-refractivity contribution >= 4 is 27.7 Å². The molecule has 1 amide bonds. The van der Waals surface area contributed by atoms with Gasteiger partial charge >= 0.3 is 0 Å². The summed E-state index contributed by atoms with van der Waals surface area (Å²) in [5.41, 5.74) is 0. The number of thiol groups is 1. The minimum Gasteiger partial charge on any atom is -0.334 e. The van der Waals surface area contributed by atoms with Crippen LogP contribution in [0.2, 0.25) is 0 Å². The lowest BCUT2D eigenvalue weighted by molar-refractivity contribution is 0.223. The van der Waals surface area contributed by atoms with Crippen LogP contribution in [0.15, 0.2) is 0 Å². The van der Waals surface area contributed by atoms with E-state index in [-0.39, 0.29) is 11.3 Å². The molecule has 0 saturated heterocycles. The average molecular weight is 165 g/mol. The summed E-state index contributed by atoms with van der Waals surface area (Å²) < 4.78 is 0. The van der Waals surface area contributed by atoms with Crippen molar-refractivity contribution in [1.82, 2.24) is 4.90 Å². The SMILES string of the molecule is CC(C)N(C)C(=O)SS. The number of carbonyl (C=O) groups excluding carboxylic acids is 1. The Morgan fingerprint density at radius 1 is 1.67 bits per heavy atom. The number of rotatable bonds is 1. The van der Waals surface area contributed by atoms with E-state index in [9.17, 15) is 4.79 Å². The standard InChI is InChI=1S/C5H11NOS2/c1-4(2)6(3)5(7)9-8/h4,8H,1-3H3. The number of amides is 1. The number of carbonyl (C=O) groups is 1. The van der Waals surface area contributed by atoms with Crippen molar-refractivity contribution in [3.05, 3.63) is 0 Å². The third-order valence-electron chi connectivity index (χ3n) is 1.14. The van der Waals surface area contributed by atoms with Gasteiger partial charge in [-0.3, -0.25) is 4.79 Å². The molecule has 0 fully saturated rings. The molecular formula is C5H11NOS2. The third kappa shape index (κ3) is 3.01. The van der Waals surface area contributed by atoms with Crippen LogP contribution in [0.3, 0.4) is 0 Å². The minimum absolute atomic E-state index is 0.00617. The topological polar surface area (TPSA) is 20.3 Å². The van der Waals surface area contributed by atoms with Crippen LogP contribution in [0.25, 0.3) is 0 Å². The van der Waals surface area contributed by atoms with E-state index in [1.807, 2.05) is 13.8 Å². The van der Waals surface area contributed by atoms with E-state index >= 15 is 0 Å². The van der Waals surface area contributed by atoms with Gasteiger partial charge in [0.1, 0.15) is 0 Å². The largest absolute Gasteiger partial charge is 0.334 e. The Kier molecular flexibility index (Phi) is 4.14. The molecule has 0 aliphatic heterocycles. The monoisotopic (exact) mass is 165 g/mol. The van der Waals surface area contributed by atoms with Crippen LogP contribution in [0.1, 0.15) is 13.8 Å². The minimum atomic E-state index is -0.00617. The lowest BCUT2D eigenvalue weighted by atomic mass is 10.4. The molecule has 0 saturated carbocycles. The zero-order valence-corrected chi connectivity index (χ0v) is 7.50. The maximum Gasteiger partial charge on any atom is 0.292 e. The summed E-state index contributed by atoms with van der Waals surface area (Å²) >= 11 is 3.77. The van der Waals surface area contributed by atoms with Crippen LogP contribution in [-0.2, 0) is 0 Å². The van der Waals surface area contributed by atoms with Gasteiger partial charge in [-0.15, -0.1) is 11.7 Å². The normalized spacial score (nSPS) is 9.89. The first-order valence-corrected chi connectivity index (χ1v) is 4.54. The van der Waals surface area contributed by atoms with E-state index in [0.717, 1.165) is 10.8 Å². The van der Waals surface area contributed by atoms with Gasteiger partial charge in [-0.2, -0.15) is 0 Å². The number of hydrogen-bond acceptors (Lipinski definition) is 3. The molecule has 0 unspecified atom stereocenters. The second-order valence-electron chi connectivity index (χ2n) is 2.06. The quantitative estimate of drug-likeness (QED) is 0.474. The average Bonchev–Trinajstić information content (AvgIpc) is 1.84. The van der Waals surface area contributed by atoms with Crippen LogP contribution < -0.4 is 0 Å². The Morgan fingerprint density at radius 2 is 2.11 bits per heavy atom. The Labute approximate surface area is 64.8 Å². The van der Waals surface area contributed by atoms with Gasteiger partial charge in [-0.05, 0) is 13.8 Å². The Bertz CT molecular complexity index is 105. The molecule has 4 heteroatoms. The van der Waals surface area contributed by atoms with E-state index in [0.29, 0.717) is 0 Å². The van der Waals surface area contributed by atoms with Gasteiger partial charge in [0.05, 0.1) is 0 Å². The zero-order valence-electron chi connectivity index (χ0n) is 5.79. The molecule has 0 heterocycles. The molecule has 0 aliphatic carbocycles. The first kappa shape index (κ1) is 9.17. The van der Waals surface area contributed by atoms with Crippen molar-refractivity contribution in [3.63, 3.8) is 0 Å². The molecule has 0 aliphatic rings. The Morgan fingerprint density at radius 3 is 2.22 bits per heavy atom. The maximum absolute atomic E-state index is 10.8.